The predicted molar refractivity (Wildman–Crippen MR) is 320 cm³/mol. The molecule has 3 saturated heterocycles. The van der Waals surface area contributed by atoms with E-state index in [-0.39, 0.29) is 36.6 Å². The number of benzene rings is 4. The summed E-state index contributed by atoms with van der Waals surface area (Å²) in [6.45, 7) is 5.80. The van der Waals surface area contributed by atoms with E-state index >= 15 is 0 Å². The van der Waals surface area contributed by atoms with Gasteiger partial charge in [-0.3, -0.25) is 33.6 Å². The van der Waals surface area contributed by atoms with Crippen LogP contribution in [-0.4, -0.2) is 230 Å². The van der Waals surface area contributed by atoms with Crippen LogP contribution in [0.25, 0.3) is 22.3 Å². The van der Waals surface area contributed by atoms with Crippen molar-refractivity contribution < 1.29 is 88.4 Å². The smallest absolute Gasteiger partial charge is 0.251 e. The normalized spacial score (nSPS) is 26.7. The predicted octanol–water partition coefficient (Wildman–Crippen LogP) is -0.197. The summed E-state index contributed by atoms with van der Waals surface area (Å²) >= 11 is 0. The number of carbonyl (C=O) groups is 7. The Morgan fingerprint density at radius 3 is 1.74 bits per heavy atom. The zero-order valence-corrected chi connectivity index (χ0v) is 50.6. The van der Waals surface area contributed by atoms with Gasteiger partial charge in [-0.25, -0.2) is 0 Å². The van der Waals surface area contributed by atoms with Crippen LogP contribution >= 0.6 is 0 Å². The minimum atomic E-state index is -2.29. The SMILES string of the molecule is CCCCCOc1ccc(-c2ccc(-c3ccc(C(=O)N[C@H]4C[C@@H](O)[C@H](OCC[N+](C)(C)C)NC(=O)C5[C@@H](O)[C@@H](C)CN5C(=O)C([C@@H](C)O)NC(=O)C([C@H](O)[C@@H](O)c5ccc(O)cc5)NC(=O)C5C[C@@H](O)CN5C(=O)C([C@@H](C)O)NC4=O)cc3)cc2)cc1. The third-order valence-electron chi connectivity index (χ3n) is 16.1. The van der Waals surface area contributed by atoms with E-state index in [0.29, 0.717) is 11.1 Å². The monoisotopic (exact) mass is 1230 g/mol. The fourth-order valence-electron chi connectivity index (χ4n) is 10.8. The zero-order valence-electron chi connectivity index (χ0n) is 50.6. The molecule has 4 aromatic carbocycles. The lowest BCUT2D eigenvalue weighted by Gasteiger charge is -2.34. The quantitative estimate of drug-likeness (QED) is 0.0453. The lowest BCUT2D eigenvalue weighted by atomic mass is 9.96. The molecule has 0 bridgehead atoms. The summed E-state index contributed by atoms with van der Waals surface area (Å²) in [6.07, 6.45) is -12.6. The molecule has 88 heavy (non-hydrogen) atoms. The molecule has 5 unspecified atom stereocenters. The molecule has 3 heterocycles. The van der Waals surface area contributed by atoms with Gasteiger partial charge < -0.3 is 91.2 Å². The van der Waals surface area contributed by atoms with Crippen molar-refractivity contribution in [3.8, 4) is 33.8 Å². The average Bonchev–Trinajstić information content (AvgIpc) is 2.08. The summed E-state index contributed by atoms with van der Waals surface area (Å²) in [5, 5.41) is 103. The molecule has 4 aromatic rings. The van der Waals surface area contributed by atoms with E-state index < -0.39 is 152 Å². The molecule has 0 saturated carbocycles. The lowest BCUT2D eigenvalue weighted by molar-refractivity contribution is -0.870. The van der Waals surface area contributed by atoms with Crippen LogP contribution in [0.5, 0.6) is 11.5 Å². The molecule has 0 aliphatic carbocycles. The van der Waals surface area contributed by atoms with Crippen molar-refractivity contribution in [1.29, 1.82) is 0 Å². The van der Waals surface area contributed by atoms with Gasteiger partial charge in [0, 0.05) is 37.4 Å². The molecule has 25 nitrogen and oxygen atoms in total. The van der Waals surface area contributed by atoms with Crippen molar-refractivity contribution >= 4 is 41.4 Å². The van der Waals surface area contributed by atoms with Crippen molar-refractivity contribution in [2.45, 2.75) is 145 Å². The van der Waals surface area contributed by atoms with Crippen molar-refractivity contribution in [2.75, 3.05) is 54.0 Å². The average molecular weight is 1230 g/mol. The molecule has 3 aliphatic heterocycles. The Balaban J connectivity index is 1.23. The minimum Gasteiger partial charge on any atom is -0.508 e. The zero-order chi connectivity index (χ0) is 64.3. The van der Waals surface area contributed by atoms with Gasteiger partial charge in [0.15, 0.2) is 6.23 Å². The fraction of sp³-hybridized carbons (Fsp3) is 0.508. The number of aliphatic hydroxyl groups is 7. The Kier molecular flexibility index (Phi) is 23.2. The molecule has 3 fully saturated rings. The van der Waals surface area contributed by atoms with Crippen molar-refractivity contribution in [3.63, 3.8) is 0 Å². The molecular formula is C63H85N8O17+. The molecule has 3 aliphatic rings. The summed E-state index contributed by atoms with van der Waals surface area (Å²) in [6, 6.07) is 15.3. The number of fused-ring (bicyclic) bond motifs is 2. The van der Waals surface area contributed by atoms with Crippen molar-refractivity contribution in [3.05, 3.63) is 108 Å². The van der Waals surface area contributed by atoms with Crippen LogP contribution in [0.1, 0.15) is 81.8 Å². The van der Waals surface area contributed by atoms with Crippen LogP contribution in [-0.2, 0) is 33.5 Å². The second-order valence-corrected chi connectivity index (χ2v) is 24.1. The van der Waals surface area contributed by atoms with Gasteiger partial charge in [0.1, 0.15) is 72.6 Å². The lowest BCUT2D eigenvalue weighted by Crippen LogP contribution is -2.64. The molecule has 25 heteroatoms. The maximum atomic E-state index is 14.8. The number of aliphatic hydroxyl groups excluding tert-OH is 7. The van der Waals surface area contributed by atoms with Gasteiger partial charge in [-0.2, -0.15) is 0 Å². The highest BCUT2D eigenvalue weighted by Gasteiger charge is 2.50. The van der Waals surface area contributed by atoms with E-state index in [1.165, 1.54) is 43.3 Å². The van der Waals surface area contributed by atoms with Crippen LogP contribution in [0, 0.1) is 5.92 Å². The number of ether oxygens (including phenoxy) is 2. The summed E-state index contributed by atoms with van der Waals surface area (Å²) in [4.78, 5) is 104. The van der Waals surface area contributed by atoms with Gasteiger partial charge in [0.25, 0.3) is 5.91 Å². The number of rotatable bonds is 18. The van der Waals surface area contributed by atoms with E-state index in [2.05, 4.69) is 33.5 Å². The van der Waals surface area contributed by atoms with Gasteiger partial charge >= 0.3 is 0 Å². The highest BCUT2D eigenvalue weighted by Crippen LogP contribution is 2.30. The Labute approximate surface area is 511 Å². The first-order valence-corrected chi connectivity index (χ1v) is 29.7. The second-order valence-electron chi connectivity index (χ2n) is 24.1. The number of quaternary nitrogens is 1. The number of unbranched alkanes of at least 4 members (excludes halogenated alkanes) is 2. The fourth-order valence-corrected chi connectivity index (χ4v) is 10.8. The van der Waals surface area contributed by atoms with Gasteiger partial charge in [0.2, 0.25) is 35.4 Å². The van der Waals surface area contributed by atoms with Crippen LogP contribution in [0.3, 0.4) is 0 Å². The molecule has 0 radical (unpaired) electrons. The standard InChI is InChI=1S/C63H84N8O17/c1-8-9-10-28-87-45-25-21-40(22-26-45)38-13-11-37(12-14-38)39-15-17-42(18-16-39)56(80)64-46-31-48(76)61(88-29-27-71(5,6)7)68-60(84)52-53(77)34(2)32-70(52)63(86)50(36(4)73)66-59(83)51(55(79)54(78)41-19-23-43(74)24-20-41)67-58(82)47-30-44(75)33-69(47)62(85)49(35(3)72)65-57(46)81/h11-26,34-36,44,46-55,61,72-73,75-79H,8-10,27-33H2,1-7H3,(H5-,64,65,66,67,68,74,80,81,82,83,84)/p+1/t34-,35+,36+,44+,46-,47?,48+,49?,50?,51?,52?,53-,54-,55-,61-/m0/s1. The minimum absolute atomic E-state index is 0.0470. The Hall–Kier alpha value is -7.59. The Morgan fingerprint density at radius 2 is 1.18 bits per heavy atom. The number of nitrogens with one attached hydrogen (secondary N) is 5. The molecular weight excluding hydrogens is 1140 g/mol. The van der Waals surface area contributed by atoms with Gasteiger partial charge in [-0.15, -0.1) is 0 Å². The maximum Gasteiger partial charge on any atom is 0.251 e. The summed E-state index contributed by atoms with van der Waals surface area (Å²) < 4.78 is 12.3. The van der Waals surface area contributed by atoms with Crippen LogP contribution in [0.2, 0.25) is 0 Å². The Bertz CT molecular complexity index is 3040. The number of carbonyl (C=O) groups excluding carboxylic acids is 7. The molecule has 13 N–H and O–H groups in total. The molecule has 15 atom stereocenters. The molecule has 0 aromatic heterocycles. The topological polar surface area (TPSA) is 366 Å². The van der Waals surface area contributed by atoms with E-state index in [0.717, 1.165) is 70.9 Å². The number of hydrogen-bond donors (Lipinski definition) is 13. The third kappa shape index (κ3) is 17.2. The Morgan fingerprint density at radius 1 is 0.648 bits per heavy atom. The number of likely N-dealkylation sites (N-methyl/N-ethyl adjacent to an activating group) is 1. The van der Waals surface area contributed by atoms with Gasteiger partial charge in [-0.1, -0.05) is 87.4 Å². The number of nitrogens with zero attached hydrogens (tertiary/aromatic N) is 3. The van der Waals surface area contributed by atoms with Gasteiger partial charge in [-0.05, 0) is 84.5 Å². The largest absolute Gasteiger partial charge is 0.508 e. The van der Waals surface area contributed by atoms with Gasteiger partial charge in [0.05, 0.1) is 58.8 Å². The van der Waals surface area contributed by atoms with E-state index in [1.807, 2.05) is 69.7 Å². The van der Waals surface area contributed by atoms with Crippen molar-refractivity contribution in [1.82, 2.24) is 36.4 Å². The first-order chi connectivity index (χ1) is 41.6. The number of aromatic hydroxyl groups is 1. The van der Waals surface area contributed by atoms with E-state index in [9.17, 15) is 74.4 Å². The molecule has 7 rings (SSSR count). The first-order valence-electron chi connectivity index (χ1n) is 29.7. The highest BCUT2D eigenvalue weighted by atomic mass is 16.5. The first kappa shape index (κ1) is 67.9. The molecule has 0 spiro atoms. The molecule has 478 valence electrons. The summed E-state index contributed by atoms with van der Waals surface area (Å²) in [5.41, 5.74) is 3.48. The number of amides is 7. The van der Waals surface area contributed by atoms with Crippen LogP contribution in [0.4, 0.5) is 0 Å². The molecule has 7 amide bonds. The highest BCUT2D eigenvalue weighted by molar-refractivity contribution is 6.00. The number of phenolic OH excluding ortho intramolecular Hbond substituents is 1. The summed E-state index contributed by atoms with van der Waals surface area (Å²) in [5.74, 6) is -8.24. The third-order valence-corrected chi connectivity index (χ3v) is 16.1. The number of phenols is 1. The van der Waals surface area contributed by atoms with Crippen molar-refractivity contribution in [2.24, 2.45) is 5.92 Å². The van der Waals surface area contributed by atoms with E-state index in [1.54, 1.807) is 12.1 Å². The van der Waals surface area contributed by atoms with Crippen LogP contribution < -0.4 is 31.3 Å². The van der Waals surface area contributed by atoms with Crippen LogP contribution in [0.15, 0.2) is 97.1 Å². The second kappa shape index (κ2) is 30.1. The summed E-state index contributed by atoms with van der Waals surface area (Å²) in [7, 11) is 5.52. The van der Waals surface area contributed by atoms with E-state index in [4.69, 9.17) is 9.47 Å². The maximum absolute atomic E-state index is 14.8. The number of hydrogen-bond acceptors (Lipinski definition) is 17.